The topological polar surface area (TPSA) is 66.5 Å². The summed E-state index contributed by atoms with van der Waals surface area (Å²) in [5.41, 5.74) is 4.69. The molecule has 4 rings (SSSR count). The van der Waals surface area contributed by atoms with Crippen molar-refractivity contribution in [2.75, 3.05) is 5.32 Å². The molecule has 1 amide bonds. The van der Waals surface area contributed by atoms with Crippen molar-refractivity contribution < 1.29 is 13.2 Å². The van der Waals surface area contributed by atoms with Crippen LogP contribution in [-0.4, -0.2) is 24.7 Å². The van der Waals surface area contributed by atoms with Gasteiger partial charge in [0.2, 0.25) is 15.9 Å². The Morgan fingerprint density at radius 2 is 1.71 bits per heavy atom. The van der Waals surface area contributed by atoms with Crippen LogP contribution in [0.5, 0.6) is 0 Å². The van der Waals surface area contributed by atoms with E-state index in [4.69, 9.17) is 0 Å². The van der Waals surface area contributed by atoms with Crippen LogP contribution in [0.25, 0.3) is 0 Å². The fraction of sp³-hybridized carbons (Fsp3) is 0.240. The fourth-order valence-electron chi connectivity index (χ4n) is 3.92. The number of sulfonamides is 1. The van der Waals surface area contributed by atoms with Crippen molar-refractivity contribution in [1.82, 2.24) is 4.31 Å². The summed E-state index contributed by atoms with van der Waals surface area (Å²) >= 11 is 0. The summed E-state index contributed by atoms with van der Waals surface area (Å²) in [5, 5.41) is 2.93. The van der Waals surface area contributed by atoms with Gasteiger partial charge in [0, 0.05) is 12.2 Å². The van der Waals surface area contributed by atoms with Gasteiger partial charge in [0.1, 0.15) is 6.04 Å². The van der Waals surface area contributed by atoms with Crippen molar-refractivity contribution in [3.05, 3.63) is 95.1 Å². The van der Waals surface area contributed by atoms with Crippen LogP contribution < -0.4 is 5.32 Å². The molecule has 0 aromatic heterocycles. The van der Waals surface area contributed by atoms with Gasteiger partial charge in [0.15, 0.2) is 0 Å². The molecule has 1 aliphatic rings. The lowest BCUT2D eigenvalue weighted by atomic mass is 9.95. The van der Waals surface area contributed by atoms with Gasteiger partial charge >= 0.3 is 0 Å². The highest BCUT2D eigenvalue weighted by Crippen LogP contribution is 2.30. The quantitative estimate of drug-likeness (QED) is 0.651. The largest absolute Gasteiger partial charge is 0.325 e. The Hall–Kier alpha value is -2.96. The zero-order chi connectivity index (χ0) is 22.0. The van der Waals surface area contributed by atoms with Crippen LogP contribution in [0.15, 0.2) is 77.7 Å². The van der Waals surface area contributed by atoms with Crippen molar-refractivity contribution in [3.63, 3.8) is 0 Å². The third-order valence-electron chi connectivity index (χ3n) is 5.74. The molecule has 0 bridgehead atoms. The molecule has 0 fully saturated rings. The van der Waals surface area contributed by atoms with E-state index in [2.05, 4.69) is 12.2 Å². The van der Waals surface area contributed by atoms with Gasteiger partial charge in [0.25, 0.3) is 0 Å². The Kier molecular flexibility index (Phi) is 5.94. The third-order valence-corrected chi connectivity index (χ3v) is 7.61. The van der Waals surface area contributed by atoms with Gasteiger partial charge < -0.3 is 5.32 Å². The molecule has 1 atom stereocenters. The molecular formula is C25H26N2O3S. The van der Waals surface area contributed by atoms with Crippen LogP contribution in [-0.2, 0) is 34.2 Å². The second-order valence-electron chi connectivity index (χ2n) is 7.90. The molecule has 160 valence electrons. The molecule has 0 unspecified atom stereocenters. The van der Waals surface area contributed by atoms with E-state index < -0.39 is 16.1 Å². The van der Waals surface area contributed by atoms with Gasteiger partial charge in [-0.05, 0) is 60.7 Å². The Morgan fingerprint density at radius 1 is 1.00 bits per heavy atom. The molecular weight excluding hydrogens is 408 g/mol. The maximum Gasteiger partial charge on any atom is 0.244 e. The number of anilines is 1. The number of hydrogen-bond donors (Lipinski definition) is 1. The average Bonchev–Trinajstić information content (AvgIpc) is 2.78. The van der Waals surface area contributed by atoms with Gasteiger partial charge in [-0.3, -0.25) is 4.79 Å². The van der Waals surface area contributed by atoms with E-state index in [0.717, 1.165) is 28.7 Å². The molecule has 1 N–H and O–H groups in total. The predicted octanol–water partition coefficient (Wildman–Crippen LogP) is 4.31. The first-order valence-corrected chi connectivity index (χ1v) is 11.9. The molecule has 0 aliphatic carbocycles. The summed E-state index contributed by atoms with van der Waals surface area (Å²) < 4.78 is 28.4. The maximum atomic E-state index is 13.5. The monoisotopic (exact) mass is 434 g/mol. The van der Waals surface area contributed by atoms with Crippen molar-refractivity contribution in [2.24, 2.45) is 0 Å². The van der Waals surface area contributed by atoms with Crippen LogP contribution >= 0.6 is 0 Å². The molecule has 1 heterocycles. The van der Waals surface area contributed by atoms with Gasteiger partial charge in [-0.1, -0.05) is 61.0 Å². The summed E-state index contributed by atoms with van der Waals surface area (Å²) in [6.45, 7) is 4.13. The fourth-order valence-corrected chi connectivity index (χ4v) is 5.48. The van der Waals surface area contributed by atoms with Crippen LogP contribution in [0.4, 0.5) is 5.69 Å². The lowest BCUT2D eigenvalue weighted by molar-refractivity contribution is -0.120. The summed E-state index contributed by atoms with van der Waals surface area (Å²) in [7, 11) is -3.85. The van der Waals surface area contributed by atoms with E-state index in [1.54, 1.807) is 24.3 Å². The molecule has 5 nitrogen and oxygen atoms in total. The SMILES string of the molecule is CCc1cccc(NC(=O)[C@H]2Cc3ccccc3CN2S(=O)(=O)c2ccc(C)cc2)c1. The molecule has 0 saturated carbocycles. The number of aryl methyl sites for hydroxylation is 2. The van der Waals surface area contributed by atoms with Crippen LogP contribution in [0.1, 0.15) is 29.2 Å². The third kappa shape index (κ3) is 4.40. The highest BCUT2D eigenvalue weighted by molar-refractivity contribution is 7.89. The van der Waals surface area contributed by atoms with E-state index in [-0.39, 0.29) is 17.3 Å². The Bertz CT molecular complexity index is 1200. The van der Waals surface area contributed by atoms with E-state index in [1.165, 1.54) is 4.31 Å². The number of hydrogen-bond acceptors (Lipinski definition) is 3. The van der Waals surface area contributed by atoms with Gasteiger partial charge in [-0.15, -0.1) is 0 Å². The lowest BCUT2D eigenvalue weighted by Gasteiger charge is -2.35. The first kappa shape index (κ1) is 21.3. The normalized spacial score (nSPS) is 16.5. The zero-order valence-corrected chi connectivity index (χ0v) is 18.5. The minimum Gasteiger partial charge on any atom is -0.325 e. The number of fused-ring (bicyclic) bond motifs is 1. The lowest BCUT2D eigenvalue weighted by Crippen LogP contribution is -2.50. The van der Waals surface area contributed by atoms with E-state index >= 15 is 0 Å². The van der Waals surface area contributed by atoms with Crippen molar-refractivity contribution in [3.8, 4) is 0 Å². The van der Waals surface area contributed by atoms with Crippen molar-refractivity contribution in [2.45, 2.75) is 44.2 Å². The van der Waals surface area contributed by atoms with E-state index in [1.807, 2.05) is 55.5 Å². The second kappa shape index (κ2) is 8.65. The molecule has 6 heteroatoms. The van der Waals surface area contributed by atoms with Gasteiger partial charge in [-0.2, -0.15) is 4.31 Å². The molecule has 3 aromatic carbocycles. The first-order chi connectivity index (χ1) is 14.9. The van der Waals surface area contributed by atoms with E-state index in [0.29, 0.717) is 12.1 Å². The summed E-state index contributed by atoms with van der Waals surface area (Å²) in [5.74, 6) is -0.321. The Balaban J connectivity index is 1.70. The number of amides is 1. The molecule has 3 aromatic rings. The number of nitrogens with zero attached hydrogens (tertiary/aromatic N) is 1. The Labute approximate surface area is 183 Å². The summed E-state index contributed by atoms with van der Waals surface area (Å²) in [6, 6.07) is 21.3. The minimum absolute atomic E-state index is 0.166. The van der Waals surface area contributed by atoms with Crippen LogP contribution in [0, 0.1) is 6.92 Å². The predicted molar refractivity (Wildman–Crippen MR) is 122 cm³/mol. The maximum absolute atomic E-state index is 13.5. The summed E-state index contributed by atoms with van der Waals surface area (Å²) in [6.07, 6.45) is 1.19. The minimum atomic E-state index is -3.85. The van der Waals surface area contributed by atoms with E-state index in [9.17, 15) is 13.2 Å². The Morgan fingerprint density at radius 3 is 2.42 bits per heavy atom. The number of carbonyl (C=O) groups excluding carboxylic acids is 1. The van der Waals surface area contributed by atoms with Gasteiger partial charge in [-0.25, -0.2) is 8.42 Å². The number of nitrogens with one attached hydrogen (secondary N) is 1. The number of carbonyl (C=O) groups is 1. The molecule has 1 aliphatic heterocycles. The van der Waals surface area contributed by atoms with Crippen LogP contribution in [0.2, 0.25) is 0 Å². The zero-order valence-electron chi connectivity index (χ0n) is 17.7. The smallest absolute Gasteiger partial charge is 0.244 e. The first-order valence-electron chi connectivity index (χ1n) is 10.4. The highest BCUT2D eigenvalue weighted by atomic mass is 32.2. The molecule has 0 saturated heterocycles. The van der Waals surface area contributed by atoms with Crippen LogP contribution in [0.3, 0.4) is 0 Å². The standard InChI is InChI=1S/C25H26N2O3S/c1-3-19-7-6-10-22(15-19)26-25(28)24-16-20-8-4-5-9-21(20)17-27(24)31(29,30)23-13-11-18(2)12-14-23/h4-15,24H,3,16-17H2,1-2H3,(H,26,28)/t24-/m1/s1. The molecule has 31 heavy (non-hydrogen) atoms. The average molecular weight is 435 g/mol. The molecule has 0 radical (unpaired) electrons. The van der Waals surface area contributed by atoms with Crippen molar-refractivity contribution in [1.29, 1.82) is 0 Å². The second-order valence-corrected chi connectivity index (χ2v) is 9.79. The molecule has 0 spiro atoms. The summed E-state index contributed by atoms with van der Waals surface area (Å²) in [4.78, 5) is 13.5. The van der Waals surface area contributed by atoms with Crippen molar-refractivity contribution >= 4 is 21.6 Å². The number of rotatable bonds is 5. The highest BCUT2D eigenvalue weighted by Gasteiger charge is 2.39. The van der Waals surface area contributed by atoms with Gasteiger partial charge in [0.05, 0.1) is 4.90 Å². The number of benzene rings is 3.